The Morgan fingerprint density at radius 1 is 1.00 bits per heavy atom. The van der Waals surface area contributed by atoms with Gasteiger partial charge in [0.25, 0.3) is 0 Å². The van der Waals surface area contributed by atoms with Gasteiger partial charge >= 0.3 is 12.1 Å². The number of hydrogen-bond donors (Lipinski definition) is 1. The Morgan fingerprint density at radius 3 is 2.52 bits per heavy atom. The average Bonchev–Trinajstić information content (AvgIpc) is 2.95. The second-order valence-electron chi connectivity index (χ2n) is 10.4. The van der Waals surface area contributed by atoms with Crippen molar-refractivity contribution in [2.45, 2.75) is 57.7 Å². The fraction of sp³-hybridized carbons (Fsp3) is 0.375. The van der Waals surface area contributed by atoms with Gasteiger partial charge in [-0.1, -0.05) is 60.7 Å². The van der Waals surface area contributed by atoms with Crippen LogP contribution in [-0.2, 0) is 25.4 Å². The number of fused-ring (bicyclic) bond motifs is 1. The highest BCUT2D eigenvalue weighted by atomic mass is 16.7. The molecule has 1 fully saturated rings. The summed E-state index contributed by atoms with van der Waals surface area (Å²) in [7, 11) is 0. The highest BCUT2D eigenvalue weighted by Gasteiger charge is 2.33. The molecule has 0 saturated carbocycles. The number of rotatable bonds is 9. The second kappa shape index (κ2) is 12.5. The number of carbonyl (C=O) groups excluding carboxylic acids is 2. The summed E-state index contributed by atoms with van der Waals surface area (Å²) in [6.45, 7) is 4.65. The third-order valence-corrected chi connectivity index (χ3v) is 6.86. The van der Waals surface area contributed by atoms with Crippen molar-refractivity contribution < 1.29 is 33.3 Å². The first-order chi connectivity index (χ1) is 19.4. The lowest BCUT2D eigenvalue weighted by Crippen LogP contribution is -2.38. The van der Waals surface area contributed by atoms with Gasteiger partial charge in [-0.05, 0) is 53.6 Å². The van der Waals surface area contributed by atoms with Crippen LogP contribution in [0, 0.1) is 0 Å². The molecule has 1 saturated heterocycles. The summed E-state index contributed by atoms with van der Waals surface area (Å²) in [5.41, 5.74) is 4.35. The first-order valence-electron chi connectivity index (χ1n) is 13.7. The van der Waals surface area contributed by atoms with E-state index in [1.165, 1.54) is 0 Å². The largest absolute Gasteiger partial charge is 0.452 e. The highest BCUT2D eigenvalue weighted by molar-refractivity contribution is 5.94. The van der Waals surface area contributed by atoms with Crippen molar-refractivity contribution in [2.75, 3.05) is 19.8 Å². The van der Waals surface area contributed by atoms with E-state index in [4.69, 9.17) is 23.7 Å². The standard InChI is InChI=1S/C32H35NO7/c1-32(2)39-27-20-25(15-16-26(27)30(34)40-32)23-13-11-22(12-14-23)17-19-37-31(35)33-21-28(24-8-4-3-5-9-24)38-29-10-6-7-18-36-29/h3-5,8-9,11-16,20,28-29H,6-7,10,17-19,21H2,1-2H3,(H,33,35)/t28-,29?/m0/s1. The maximum atomic E-state index is 12.4. The smallest absolute Gasteiger partial charge is 0.407 e. The Morgan fingerprint density at radius 2 is 1.77 bits per heavy atom. The number of benzene rings is 3. The van der Waals surface area contributed by atoms with Crippen LogP contribution in [0.15, 0.2) is 72.8 Å². The zero-order valence-corrected chi connectivity index (χ0v) is 22.9. The lowest BCUT2D eigenvalue weighted by atomic mass is 10.0. The maximum absolute atomic E-state index is 12.4. The summed E-state index contributed by atoms with van der Waals surface area (Å²) in [5, 5.41) is 2.83. The van der Waals surface area contributed by atoms with Crippen molar-refractivity contribution in [1.29, 1.82) is 0 Å². The maximum Gasteiger partial charge on any atom is 0.407 e. The predicted octanol–water partition coefficient (Wildman–Crippen LogP) is 6.19. The van der Waals surface area contributed by atoms with Gasteiger partial charge in [0, 0.05) is 26.9 Å². The fourth-order valence-corrected chi connectivity index (χ4v) is 4.79. The zero-order valence-electron chi connectivity index (χ0n) is 22.9. The molecule has 1 N–H and O–H groups in total. The summed E-state index contributed by atoms with van der Waals surface area (Å²) in [5.74, 6) is -0.884. The van der Waals surface area contributed by atoms with Gasteiger partial charge in [-0.25, -0.2) is 9.59 Å². The summed E-state index contributed by atoms with van der Waals surface area (Å²) in [4.78, 5) is 24.6. The Balaban J connectivity index is 1.11. The van der Waals surface area contributed by atoms with Gasteiger partial charge in [-0.3, -0.25) is 0 Å². The molecular weight excluding hydrogens is 510 g/mol. The number of hydrogen-bond acceptors (Lipinski definition) is 7. The molecule has 2 aliphatic rings. The molecular formula is C32H35NO7. The third kappa shape index (κ3) is 7.20. The van der Waals surface area contributed by atoms with E-state index in [-0.39, 0.29) is 25.5 Å². The van der Waals surface area contributed by atoms with E-state index >= 15 is 0 Å². The van der Waals surface area contributed by atoms with Crippen LogP contribution in [0.4, 0.5) is 4.79 Å². The quantitative estimate of drug-likeness (QED) is 0.321. The van der Waals surface area contributed by atoms with Crippen LogP contribution in [0.25, 0.3) is 11.1 Å². The molecule has 0 radical (unpaired) electrons. The third-order valence-electron chi connectivity index (χ3n) is 6.86. The molecule has 0 aliphatic carbocycles. The Kier molecular flexibility index (Phi) is 8.67. The van der Waals surface area contributed by atoms with Gasteiger partial charge in [-0.15, -0.1) is 0 Å². The van der Waals surface area contributed by atoms with E-state index in [0.29, 0.717) is 24.3 Å². The molecule has 5 rings (SSSR count). The Bertz CT molecular complexity index is 1300. The Labute approximate surface area is 234 Å². The molecule has 2 atom stereocenters. The minimum absolute atomic E-state index is 0.248. The van der Waals surface area contributed by atoms with Gasteiger partial charge in [0.15, 0.2) is 6.29 Å². The van der Waals surface area contributed by atoms with Crippen LogP contribution in [0.3, 0.4) is 0 Å². The van der Waals surface area contributed by atoms with Gasteiger partial charge in [0.2, 0.25) is 5.79 Å². The topological polar surface area (TPSA) is 92.3 Å². The van der Waals surface area contributed by atoms with Crippen LogP contribution in [0.2, 0.25) is 0 Å². The van der Waals surface area contributed by atoms with E-state index in [9.17, 15) is 9.59 Å². The van der Waals surface area contributed by atoms with Crippen molar-refractivity contribution in [3.63, 3.8) is 0 Å². The molecule has 8 heteroatoms. The number of cyclic esters (lactones) is 1. The highest BCUT2D eigenvalue weighted by Crippen LogP contribution is 2.35. The van der Waals surface area contributed by atoms with Crippen LogP contribution < -0.4 is 10.1 Å². The lowest BCUT2D eigenvalue weighted by Gasteiger charge is -2.31. The molecule has 0 spiro atoms. The number of carbonyl (C=O) groups is 2. The van der Waals surface area contributed by atoms with Crippen molar-refractivity contribution in [3.8, 4) is 16.9 Å². The molecule has 40 heavy (non-hydrogen) atoms. The molecule has 1 amide bonds. The average molecular weight is 546 g/mol. The SMILES string of the molecule is CC1(C)OC(=O)c2ccc(-c3ccc(CCOC(=O)NC[C@H](OC4CCCCO4)c4ccccc4)cc3)cc2O1. The van der Waals surface area contributed by atoms with E-state index < -0.39 is 17.8 Å². The molecule has 0 bridgehead atoms. The number of nitrogens with one attached hydrogen (secondary N) is 1. The minimum atomic E-state index is -1.00. The molecule has 210 valence electrons. The molecule has 3 aromatic rings. The molecule has 2 heterocycles. The fourth-order valence-electron chi connectivity index (χ4n) is 4.79. The van der Waals surface area contributed by atoms with Crippen LogP contribution in [-0.4, -0.2) is 43.9 Å². The summed E-state index contributed by atoms with van der Waals surface area (Å²) in [6.07, 6.45) is 2.46. The minimum Gasteiger partial charge on any atom is -0.452 e. The predicted molar refractivity (Wildman–Crippen MR) is 149 cm³/mol. The van der Waals surface area contributed by atoms with Crippen molar-refractivity contribution in [1.82, 2.24) is 5.32 Å². The summed E-state index contributed by atoms with van der Waals surface area (Å²) in [6, 6.07) is 23.3. The van der Waals surface area contributed by atoms with Crippen LogP contribution >= 0.6 is 0 Å². The monoisotopic (exact) mass is 545 g/mol. The summed E-state index contributed by atoms with van der Waals surface area (Å²) < 4.78 is 28.5. The van der Waals surface area contributed by atoms with Gasteiger partial charge < -0.3 is 29.0 Å². The van der Waals surface area contributed by atoms with Gasteiger partial charge in [-0.2, -0.15) is 0 Å². The van der Waals surface area contributed by atoms with E-state index in [1.807, 2.05) is 66.7 Å². The number of amides is 1. The second-order valence-corrected chi connectivity index (χ2v) is 10.4. The molecule has 3 aromatic carbocycles. The molecule has 1 unspecified atom stereocenters. The van der Waals surface area contributed by atoms with E-state index in [1.54, 1.807) is 19.9 Å². The van der Waals surface area contributed by atoms with E-state index in [2.05, 4.69) is 5.32 Å². The van der Waals surface area contributed by atoms with Crippen molar-refractivity contribution in [3.05, 3.63) is 89.5 Å². The van der Waals surface area contributed by atoms with Crippen LogP contribution in [0.1, 0.15) is 60.7 Å². The first kappa shape index (κ1) is 27.7. The van der Waals surface area contributed by atoms with Crippen LogP contribution in [0.5, 0.6) is 5.75 Å². The normalized spacial score (nSPS) is 18.6. The number of esters is 1. The lowest BCUT2D eigenvalue weighted by molar-refractivity contribution is -0.188. The zero-order chi connectivity index (χ0) is 28.0. The van der Waals surface area contributed by atoms with E-state index in [0.717, 1.165) is 41.5 Å². The molecule has 0 aromatic heterocycles. The van der Waals surface area contributed by atoms with Gasteiger partial charge in [0.1, 0.15) is 17.4 Å². The number of alkyl carbamates (subject to hydrolysis) is 1. The molecule has 8 nitrogen and oxygen atoms in total. The molecule has 2 aliphatic heterocycles. The van der Waals surface area contributed by atoms with Gasteiger partial charge in [0.05, 0.1) is 13.2 Å². The van der Waals surface area contributed by atoms with Crippen molar-refractivity contribution in [2.24, 2.45) is 0 Å². The summed E-state index contributed by atoms with van der Waals surface area (Å²) >= 11 is 0. The number of ether oxygens (including phenoxy) is 5. The Hall–Kier alpha value is -3.88. The first-order valence-corrected chi connectivity index (χ1v) is 13.7. The van der Waals surface area contributed by atoms with Crippen molar-refractivity contribution >= 4 is 12.1 Å².